The summed E-state index contributed by atoms with van der Waals surface area (Å²) in [6.07, 6.45) is 2.28. The molecule has 0 spiro atoms. The molecule has 1 atom stereocenters. The molecule has 5 heteroatoms. The number of piperidine rings is 1. The van der Waals surface area contributed by atoms with E-state index in [0.717, 1.165) is 44.0 Å². The number of aryl methyl sites for hydroxylation is 1. The molecule has 24 heavy (non-hydrogen) atoms. The fourth-order valence-corrected chi connectivity index (χ4v) is 3.14. The summed E-state index contributed by atoms with van der Waals surface area (Å²) in [6.45, 7) is 13.7. The number of nitrogens with one attached hydrogen (secondary N) is 2. The molecular formula is C19H33N3O2. The second-order valence-electron chi connectivity index (χ2n) is 8.10. The SMILES string of the molecule is Cc1ccc([C@@H](C)NCC2CCN(CC(=O)NC(C)(C)C)CC2)o1. The van der Waals surface area contributed by atoms with Gasteiger partial charge in [-0.3, -0.25) is 9.69 Å². The van der Waals surface area contributed by atoms with E-state index in [2.05, 4.69) is 22.5 Å². The van der Waals surface area contributed by atoms with Crippen molar-refractivity contribution in [2.24, 2.45) is 5.92 Å². The molecule has 0 bridgehead atoms. The van der Waals surface area contributed by atoms with Crippen molar-refractivity contribution in [2.45, 2.75) is 59.0 Å². The standard InChI is InChI=1S/C19H33N3O2/c1-14-6-7-17(24-14)15(2)20-12-16-8-10-22(11-9-16)13-18(23)21-19(3,4)5/h6-7,15-16,20H,8-13H2,1-5H3,(H,21,23)/t15-/m1/s1. The van der Waals surface area contributed by atoms with E-state index < -0.39 is 0 Å². The van der Waals surface area contributed by atoms with Crippen LogP contribution in [0.4, 0.5) is 0 Å². The zero-order valence-corrected chi connectivity index (χ0v) is 15.8. The molecule has 1 amide bonds. The third-order valence-electron chi connectivity index (χ3n) is 4.49. The van der Waals surface area contributed by atoms with Crippen molar-refractivity contribution < 1.29 is 9.21 Å². The van der Waals surface area contributed by atoms with Gasteiger partial charge in [-0.05, 0) is 85.1 Å². The summed E-state index contributed by atoms with van der Waals surface area (Å²) in [6, 6.07) is 4.30. The van der Waals surface area contributed by atoms with E-state index in [4.69, 9.17) is 4.42 Å². The van der Waals surface area contributed by atoms with Crippen LogP contribution in [0.2, 0.25) is 0 Å². The van der Waals surface area contributed by atoms with E-state index in [1.807, 2.05) is 39.8 Å². The smallest absolute Gasteiger partial charge is 0.234 e. The van der Waals surface area contributed by atoms with Crippen LogP contribution in [0, 0.1) is 12.8 Å². The Bertz CT molecular complexity index is 525. The molecule has 2 heterocycles. The molecule has 1 fully saturated rings. The van der Waals surface area contributed by atoms with Crippen molar-refractivity contribution in [1.82, 2.24) is 15.5 Å². The Kier molecular flexibility index (Phi) is 6.47. The first-order valence-electron chi connectivity index (χ1n) is 9.06. The average Bonchev–Trinajstić information content (AvgIpc) is 2.91. The molecule has 2 rings (SSSR count). The van der Waals surface area contributed by atoms with Crippen LogP contribution in [0.3, 0.4) is 0 Å². The molecule has 0 saturated carbocycles. The van der Waals surface area contributed by atoms with E-state index in [1.54, 1.807) is 0 Å². The van der Waals surface area contributed by atoms with Gasteiger partial charge in [-0.1, -0.05) is 0 Å². The lowest BCUT2D eigenvalue weighted by molar-refractivity contribution is -0.124. The summed E-state index contributed by atoms with van der Waals surface area (Å²) in [5.74, 6) is 2.76. The lowest BCUT2D eigenvalue weighted by Gasteiger charge is -2.33. The molecule has 136 valence electrons. The average molecular weight is 335 g/mol. The maximum atomic E-state index is 12.0. The van der Waals surface area contributed by atoms with Crippen LogP contribution in [0.5, 0.6) is 0 Å². The first-order chi connectivity index (χ1) is 11.2. The molecule has 0 radical (unpaired) electrons. The van der Waals surface area contributed by atoms with Crippen LogP contribution in [0.15, 0.2) is 16.5 Å². The highest BCUT2D eigenvalue weighted by atomic mass is 16.3. The van der Waals surface area contributed by atoms with E-state index >= 15 is 0 Å². The van der Waals surface area contributed by atoms with Crippen molar-refractivity contribution in [1.29, 1.82) is 0 Å². The van der Waals surface area contributed by atoms with Crippen LogP contribution < -0.4 is 10.6 Å². The fraction of sp³-hybridized carbons (Fsp3) is 0.737. The molecule has 0 aromatic carbocycles. The first-order valence-corrected chi connectivity index (χ1v) is 9.06. The summed E-state index contributed by atoms with van der Waals surface area (Å²) in [4.78, 5) is 14.3. The van der Waals surface area contributed by atoms with Gasteiger partial charge in [-0.15, -0.1) is 0 Å². The molecule has 2 N–H and O–H groups in total. The van der Waals surface area contributed by atoms with Gasteiger partial charge in [0.1, 0.15) is 11.5 Å². The summed E-state index contributed by atoms with van der Waals surface area (Å²) in [5, 5.41) is 6.61. The number of rotatable bonds is 6. The van der Waals surface area contributed by atoms with Gasteiger partial charge in [-0.25, -0.2) is 0 Å². The topological polar surface area (TPSA) is 57.5 Å². The van der Waals surface area contributed by atoms with Gasteiger partial charge in [0.05, 0.1) is 12.6 Å². The van der Waals surface area contributed by atoms with Gasteiger partial charge in [0.25, 0.3) is 0 Å². The van der Waals surface area contributed by atoms with Crippen LogP contribution in [-0.2, 0) is 4.79 Å². The van der Waals surface area contributed by atoms with Gasteiger partial charge in [0.2, 0.25) is 5.91 Å². The number of furan rings is 1. The first kappa shape index (κ1) is 19.0. The minimum absolute atomic E-state index is 0.126. The van der Waals surface area contributed by atoms with E-state index in [9.17, 15) is 4.79 Å². The molecule has 1 aromatic heterocycles. The third kappa shape index (κ3) is 6.29. The normalized spacial score (nSPS) is 18.5. The summed E-state index contributed by atoms with van der Waals surface area (Å²) in [5.41, 5.74) is -0.153. The molecule has 1 aliphatic heterocycles. The molecule has 1 saturated heterocycles. The predicted octanol–water partition coefficient (Wildman–Crippen LogP) is 2.87. The van der Waals surface area contributed by atoms with Crippen molar-refractivity contribution in [2.75, 3.05) is 26.2 Å². The minimum Gasteiger partial charge on any atom is -0.465 e. The monoisotopic (exact) mass is 335 g/mol. The maximum absolute atomic E-state index is 12.0. The molecule has 1 aliphatic rings. The molecule has 0 unspecified atom stereocenters. The highest BCUT2D eigenvalue weighted by Crippen LogP contribution is 2.19. The Hall–Kier alpha value is -1.33. The van der Waals surface area contributed by atoms with Gasteiger partial charge in [0, 0.05) is 5.54 Å². The second kappa shape index (κ2) is 8.17. The Morgan fingerprint density at radius 1 is 1.33 bits per heavy atom. The number of carbonyl (C=O) groups is 1. The molecular weight excluding hydrogens is 302 g/mol. The zero-order valence-electron chi connectivity index (χ0n) is 15.8. The van der Waals surface area contributed by atoms with Gasteiger partial charge in [-0.2, -0.15) is 0 Å². The zero-order chi connectivity index (χ0) is 17.7. The number of hydrogen-bond acceptors (Lipinski definition) is 4. The Balaban J connectivity index is 1.66. The van der Waals surface area contributed by atoms with Crippen molar-refractivity contribution in [3.63, 3.8) is 0 Å². The number of hydrogen-bond donors (Lipinski definition) is 2. The molecule has 5 nitrogen and oxygen atoms in total. The number of amides is 1. The summed E-state index contributed by atoms with van der Waals surface area (Å²) >= 11 is 0. The quantitative estimate of drug-likeness (QED) is 0.839. The van der Waals surface area contributed by atoms with Crippen molar-refractivity contribution in [3.05, 3.63) is 23.7 Å². The summed E-state index contributed by atoms with van der Waals surface area (Å²) < 4.78 is 5.67. The second-order valence-corrected chi connectivity index (χ2v) is 8.10. The van der Waals surface area contributed by atoms with Gasteiger partial charge in [0.15, 0.2) is 0 Å². The van der Waals surface area contributed by atoms with Crippen LogP contribution in [0.1, 0.15) is 58.1 Å². The van der Waals surface area contributed by atoms with E-state index in [1.165, 1.54) is 0 Å². The van der Waals surface area contributed by atoms with Gasteiger partial charge < -0.3 is 15.1 Å². The number of carbonyl (C=O) groups excluding carboxylic acids is 1. The third-order valence-corrected chi connectivity index (χ3v) is 4.49. The van der Waals surface area contributed by atoms with Gasteiger partial charge >= 0.3 is 0 Å². The number of likely N-dealkylation sites (tertiary alicyclic amines) is 1. The van der Waals surface area contributed by atoms with Crippen molar-refractivity contribution >= 4 is 5.91 Å². The van der Waals surface area contributed by atoms with Crippen LogP contribution in [0.25, 0.3) is 0 Å². The fourth-order valence-electron chi connectivity index (χ4n) is 3.14. The maximum Gasteiger partial charge on any atom is 0.234 e. The van der Waals surface area contributed by atoms with E-state index in [-0.39, 0.29) is 17.5 Å². The van der Waals surface area contributed by atoms with Crippen molar-refractivity contribution in [3.8, 4) is 0 Å². The van der Waals surface area contributed by atoms with Crippen LogP contribution >= 0.6 is 0 Å². The van der Waals surface area contributed by atoms with E-state index in [0.29, 0.717) is 12.5 Å². The highest BCUT2D eigenvalue weighted by molar-refractivity contribution is 5.78. The Morgan fingerprint density at radius 3 is 2.54 bits per heavy atom. The highest BCUT2D eigenvalue weighted by Gasteiger charge is 2.23. The number of nitrogens with zero attached hydrogens (tertiary/aromatic N) is 1. The lowest BCUT2D eigenvalue weighted by Crippen LogP contribution is -2.48. The molecule has 0 aliphatic carbocycles. The Labute approximate surface area is 146 Å². The Morgan fingerprint density at radius 2 is 2.00 bits per heavy atom. The predicted molar refractivity (Wildman–Crippen MR) is 96.9 cm³/mol. The van der Waals surface area contributed by atoms with Crippen LogP contribution in [-0.4, -0.2) is 42.5 Å². The largest absolute Gasteiger partial charge is 0.465 e. The summed E-state index contributed by atoms with van der Waals surface area (Å²) in [7, 11) is 0. The molecule has 1 aromatic rings. The minimum atomic E-state index is -0.153. The lowest BCUT2D eigenvalue weighted by atomic mass is 9.96.